The third-order valence-electron chi connectivity index (χ3n) is 1.52. The second-order valence-corrected chi connectivity index (χ2v) is 6.97. The largest absolute Gasteiger partial charge is 0.444 e. The van der Waals surface area contributed by atoms with Gasteiger partial charge in [-0.1, -0.05) is 0 Å². The highest BCUT2D eigenvalue weighted by atomic mass is 32.2. The minimum absolute atomic E-state index is 0.0941. The van der Waals surface area contributed by atoms with Crippen molar-refractivity contribution in [2.24, 2.45) is 5.14 Å². The molecule has 1 aromatic rings. The molecule has 0 bridgehead atoms. The van der Waals surface area contributed by atoms with E-state index in [-0.39, 0.29) is 9.90 Å². The summed E-state index contributed by atoms with van der Waals surface area (Å²) < 4.78 is 27.3. The molecule has 0 fully saturated rings. The highest BCUT2D eigenvalue weighted by molar-refractivity contribution is 7.91. The predicted octanol–water partition coefficient (Wildman–Crippen LogP) is 1.74. The van der Waals surface area contributed by atoms with Crippen LogP contribution in [-0.4, -0.2) is 20.1 Å². The van der Waals surface area contributed by atoms with Crippen molar-refractivity contribution in [3.8, 4) is 0 Å². The summed E-state index contributed by atoms with van der Waals surface area (Å²) in [7, 11) is -3.83. The van der Waals surface area contributed by atoms with Gasteiger partial charge in [0.1, 0.15) is 5.60 Å². The average Bonchev–Trinajstić information content (AvgIpc) is 2.46. The number of rotatable bonds is 2. The Bertz CT molecular complexity index is 513. The van der Waals surface area contributed by atoms with Crippen molar-refractivity contribution in [1.29, 1.82) is 0 Å². The Labute approximate surface area is 104 Å². The van der Waals surface area contributed by atoms with Gasteiger partial charge >= 0.3 is 6.09 Å². The maximum Gasteiger partial charge on any atom is 0.412 e. The van der Waals surface area contributed by atoms with Gasteiger partial charge in [-0.3, -0.25) is 5.32 Å². The summed E-state index contributed by atoms with van der Waals surface area (Å²) in [5.41, 5.74) is -0.520. The lowest BCUT2D eigenvalue weighted by atomic mass is 10.2. The summed E-state index contributed by atoms with van der Waals surface area (Å²) >= 11 is 0.933. The predicted molar refractivity (Wildman–Crippen MR) is 65.5 cm³/mol. The molecule has 1 rings (SSSR count). The fourth-order valence-corrected chi connectivity index (χ4v) is 2.72. The maximum absolute atomic E-state index is 11.4. The van der Waals surface area contributed by atoms with E-state index in [9.17, 15) is 13.2 Å². The van der Waals surface area contributed by atoms with E-state index in [2.05, 4.69) is 5.32 Å². The molecule has 8 heteroatoms. The van der Waals surface area contributed by atoms with Gasteiger partial charge in [0.25, 0.3) is 0 Å². The van der Waals surface area contributed by atoms with Crippen LogP contribution in [0.15, 0.2) is 15.7 Å². The van der Waals surface area contributed by atoms with E-state index in [1.807, 2.05) is 0 Å². The second kappa shape index (κ2) is 4.63. The second-order valence-electron chi connectivity index (χ2n) is 4.29. The third-order valence-corrected chi connectivity index (χ3v) is 3.95. The number of primary sulfonamides is 1. The van der Waals surface area contributed by atoms with Crippen LogP contribution in [0.25, 0.3) is 0 Å². The van der Waals surface area contributed by atoms with E-state index in [1.165, 1.54) is 11.4 Å². The first-order valence-corrected chi connectivity index (χ1v) is 7.12. The SMILES string of the molecule is CC(C)(C)OC(=O)Nc1ccsc1S(N)(=O)=O. The van der Waals surface area contributed by atoms with Crippen molar-refractivity contribution in [3.63, 3.8) is 0 Å². The Morgan fingerprint density at radius 2 is 2.06 bits per heavy atom. The zero-order valence-electron chi connectivity index (χ0n) is 9.68. The van der Waals surface area contributed by atoms with Gasteiger partial charge in [-0.15, -0.1) is 11.3 Å². The standard InChI is InChI=1S/C9H14N2O4S2/c1-9(2,3)15-8(12)11-6-4-5-16-7(6)17(10,13)14/h4-5H,1-3H3,(H,11,12)(H2,10,13,14). The maximum atomic E-state index is 11.4. The van der Waals surface area contributed by atoms with E-state index < -0.39 is 21.7 Å². The molecule has 17 heavy (non-hydrogen) atoms. The molecule has 0 spiro atoms. The normalized spacial score (nSPS) is 12.2. The van der Waals surface area contributed by atoms with Crippen LogP contribution < -0.4 is 10.5 Å². The van der Waals surface area contributed by atoms with E-state index in [0.29, 0.717) is 0 Å². The highest BCUT2D eigenvalue weighted by Crippen LogP contribution is 2.26. The van der Waals surface area contributed by atoms with Gasteiger partial charge in [-0.25, -0.2) is 18.4 Å². The molecular weight excluding hydrogens is 264 g/mol. The zero-order chi connectivity index (χ0) is 13.3. The van der Waals surface area contributed by atoms with Crippen molar-refractivity contribution >= 4 is 33.1 Å². The van der Waals surface area contributed by atoms with Crippen LogP contribution in [0.5, 0.6) is 0 Å². The molecule has 3 N–H and O–H groups in total. The molecule has 0 aromatic carbocycles. The minimum Gasteiger partial charge on any atom is -0.444 e. The highest BCUT2D eigenvalue weighted by Gasteiger charge is 2.20. The van der Waals surface area contributed by atoms with Crippen LogP contribution in [0.3, 0.4) is 0 Å². The quantitative estimate of drug-likeness (QED) is 0.860. The zero-order valence-corrected chi connectivity index (χ0v) is 11.3. The number of thiophene rings is 1. The summed E-state index contributed by atoms with van der Waals surface area (Å²) in [5.74, 6) is 0. The van der Waals surface area contributed by atoms with Crippen molar-refractivity contribution < 1.29 is 17.9 Å². The van der Waals surface area contributed by atoms with Gasteiger partial charge in [-0.05, 0) is 32.2 Å². The minimum atomic E-state index is -3.83. The summed E-state index contributed by atoms with van der Waals surface area (Å²) in [5, 5.41) is 8.86. The molecule has 0 radical (unpaired) electrons. The first-order chi connectivity index (χ1) is 7.59. The van der Waals surface area contributed by atoms with Crippen molar-refractivity contribution in [1.82, 2.24) is 0 Å². The molecule has 96 valence electrons. The molecule has 0 aliphatic carbocycles. The number of sulfonamides is 1. The molecule has 1 aromatic heterocycles. The first-order valence-electron chi connectivity index (χ1n) is 4.70. The molecule has 1 heterocycles. The fourth-order valence-electron chi connectivity index (χ4n) is 1.02. The topological polar surface area (TPSA) is 98.5 Å². The molecular formula is C9H14N2O4S2. The number of ether oxygens (including phenoxy) is 1. The van der Waals surface area contributed by atoms with Crippen LogP contribution in [0.1, 0.15) is 20.8 Å². The Morgan fingerprint density at radius 1 is 1.47 bits per heavy atom. The van der Waals surface area contributed by atoms with E-state index in [4.69, 9.17) is 9.88 Å². The molecule has 1 amide bonds. The lowest BCUT2D eigenvalue weighted by Gasteiger charge is -2.19. The molecule has 0 saturated heterocycles. The summed E-state index contributed by atoms with van der Waals surface area (Å²) in [6.45, 7) is 5.13. The van der Waals surface area contributed by atoms with Gasteiger partial charge < -0.3 is 4.74 Å². The Kier molecular flexibility index (Phi) is 3.80. The number of anilines is 1. The van der Waals surface area contributed by atoms with E-state index in [1.54, 1.807) is 20.8 Å². The summed E-state index contributed by atoms with van der Waals surface area (Å²) in [6, 6.07) is 1.45. The summed E-state index contributed by atoms with van der Waals surface area (Å²) in [4.78, 5) is 11.4. The molecule has 0 aliphatic rings. The van der Waals surface area contributed by atoms with Gasteiger partial charge in [0, 0.05) is 0 Å². The number of nitrogens with one attached hydrogen (secondary N) is 1. The Morgan fingerprint density at radius 3 is 2.53 bits per heavy atom. The molecule has 0 aliphatic heterocycles. The Balaban J connectivity index is 2.84. The number of carbonyl (C=O) groups excluding carboxylic acids is 1. The van der Waals surface area contributed by atoms with Gasteiger partial charge in [0.05, 0.1) is 5.69 Å². The smallest absolute Gasteiger partial charge is 0.412 e. The van der Waals surface area contributed by atoms with Crippen LogP contribution in [0.2, 0.25) is 0 Å². The van der Waals surface area contributed by atoms with E-state index in [0.717, 1.165) is 11.3 Å². The number of hydrogen-bond donors (Lipinski definition) is 2. The fraction of sp³-hybridized carbons (Fsp3) is 0.444. The third kappa shape index (κ3) is 4.33. The molecule has 0 unspecified atom stereocenters. The van der Waals surface area contributed by atoms with Crippen LogP contribution in [0, 0.1) is 0 Å². The summed E-state index contributed by atoms with van der Waals surface area (Å²) in [6.07, 6.45) is -0.721. The van der Waals surface area contributed by atoms with Crippen molar-refractivity contribution in [3.05, 3.63) is 11.4 Å². The monoisotopic (exact) mass is 278 g/mol. The van der Waals surface area contributed by atoms with Crippen molar-refractivity contribution in [2.75, 3.05) is 5.32 Å². The average molecular weight is 278 g/mol. The lowest BCUT2D eigenvalue weighted by Crippen LogP contribution is -2.27. The number of nitrogens with two attached hydrogens (primary N) is 1. The van der Waals surface area contributed by atoms with Crippen LogP contribution >= 0.6 is 11.3 Å². The van der Waals surface area contributed by atoms with Crippen molar-refractivity contribution in [2.45, 2.75) is 30.6 Å². The molecule has 0 atom stereocenters. The van der Waals surface area contributed by atoms with Gasteiger partial charge in [0.15, 0.2) is 4.21 Å². The molecule has 0 saturated carbocycles. The van der Waals surface area contributed by atoms with Gasteiger partial charge in [0.2, 0.25) is 10.0 Å². The molecule has 6 nitrogen and oxygen atoms in total. The van der Waals surface area contributed by atoms with Crippen LogP contribution in [-0.2, 0) is 14.8 Å². The Hall–Kier alpha value is -1.12. The number of carbonyl (C=O) groups is 1. The van der Waals surface area contributed by atoms with E-state index >= 15 is 0 Å². The first kappa shape index (κ1) is 13.9. The number of amides is 1. The lowest BCUT2D eigenvalue weighted by molar-refractivity contribution is 0.0635. The van der Waals surface area contributed by atoms with Gasteiger partial charge in [-0.2, -0.15) is 0 Å². The van der Waals surface area contributed by atoms with Crippen LogP contribution in [0.4, 0.5) is 10.5 Å². The number of hydrogen-bond acceptors (Lipinski definition) is 5.